The Balaban J connectivity index is 1.66. The standard InChI is InChI=1S/C29H20IN/c30-27-16-8-15-25(18-27)23-13-7-14-24(17-23)26-19-28(21-9-3-1-4-10-21)31-29(20-26)22-11-5-2-6-12-22/h1-20H. The van der Waals surface area contributed by atoms with Crippen LogP contribution in [0, 0.1) is 3.57 Å². The molecular weight excluding hydrogens is 489 g/mol. The molecule has 148 valence electrons. The van der Waals surface area contributed by atoms with Gasteiger partial charge in [-0.15, -0.1) is 0 Å². The number of hydrogen-bond donors (Lipinski definition) is 0. The Morgan fingerprint density at radius 2 is 0.839 bits per heavy atom. The van der Waals surface area contributed by atoms with E-state index in [0.717, 1.165) is 22.5 Å². The fraction of sp³-hybridized carbons (Fsp3) is 0. The van der Waals surface area contributed by atoms with Gasteiger partial charge in [0.2, 0.25) is 0 Å². The third-order valence-corrected chi connectivity index (χ3v) is 5.99. The van der Waals surface area contributed by atoms with Gasteiger partial charge in [-0.1, -0.05) is 91.0 Å². The minimum absolute atomic E-state index is 0.983. The SMILES string of the molecule is Ic1cccc(-c2cccc(-c3cc(-c4ccccc4)nc(-c4ccccc4)c3)c2)c1. The van der Waals surface area contributed by atoms with Crippen molar-refractivity contribution in [3.05, 3.63) is 125 Å². The van der Waals surface area contributed by atoms with Crippen molar-refractivity contribution in [2.75, 3.05) is 0 Å². The summed E-state index contributed by atoms with van der Waals surface area (Å²) < 4.78 is 1.24. The van der Waals surface area contributed by atoms with Crippen LogP contribution in [0.15, 0.2) is 121 Å². The Labute approximate surface area is 196 Å². The molecule has 0 N–H and O–H groups in total. The van der Waals surface area contributed by atoms with Gasteiger partial charge in [0.05, 0.1) is 11.4 Å². The fourth-order valence-corrected chi connectivity index (χ4v) is 4.30. The Hall–Kier alpha value is -3.24. The summed E-state index contributed by atoms with van der Waals surface area (Å²) >= 11 is 2.37. The van der Waals surface area contributed by atoms with Crippen LogP contribution in [0.5, 0.6) is 0 Å². The zero-order valence-electron chi connectivity index (χ0n) is 16.9. The largest absolute Gasteiger partial charge is 0.248 e. The van der Waals surface area contributed by atoms with E-state index in [0.29, 0.717) is 0 Å². The zero-order valence-corrected chi connectivity index (χ0v) is 19.0. The van der Waals surface area contributed by atoms with Crippen molar-refractivity contribution in [2.24, 2.45) is 0 Å². The maximum atomic E-state index is 4.99. The lowest BCUT2D eigenvalue weighted by atomic mass is 9.97. The monoisotopic (exact) mass is 509 g/mol. The molecule has 0 aliphatic carbocycles. The Kier molecular flexibility index (Phi) is 5.63. The first-order chi connectivity index (χ1) is 15.3. The van der Waals surface area contributed by atoms with Gasteiger partial charge in [-0.25, -0.2) is 4.98 Å². The molecule has 4 aromatic carbocycles. The first kappa shape index (κ1) is 19.7. The van der Waals surface area contributed by atoms with Gasteiger partial charge in [-0.3, -0.25) is 0 Å². The highest BCUT2D eigenvalue weighted by atomic mass is 127. The van der Waals surface area contributed by atoms with Gasteiger partial charge in [0, 0.05) is 14.7 Å². The van der Waals surface area contributed by atoms with Crippen LogP contribution in [0.4, 0.5) is 0 Å². The maximum absolute atomic E-state index is 4.99. The predicted octanol–water partition coefficient (Wildman–Crippen LogP) is 8.35. The average Bonchev–Trinajstić information content (AvgIpc) is 2.85. The number of benzene rings is 4. The van der Waals surface area contributed by atoms with E-state index < -0.39 is 0 Å². The van der Waals surface area contributed by atoms with E-state index in [9.17, 15) is 0 Å². The van der Waals surface area contributed by atoms with Crippen molar-refractivity contribution in [3.8, 4) is 44.8 Å². The lowest BCUT2D eigenvalue weighted by Crippen LogP contribution is -1.91. The highest BCUT2D eigenvalue weighted by Gasteiger charge is 2.10. The van der Waals surface area contributed by atoms with Crippen LogP contribution < -0.4 is 0 Å². The molecule has 0 amide bonds. The van der Waals surface area contributed by atoms with E-state index in [1.165, 1.54) is 25.8 Å². The number of pyridine rings is 1. The van der Waals surface area contributed by atoms with Crippen molar-refractivity contribution in [2.45, 2.75) is 0 Å². The summed E-state index contributed by atoms with van der Waals surface area (Å²) in [7, 11) is 0. The van der Waals surface area contributed by atoms with Crippen LogP contribution in [0.2, 0.25) is 0 Å². The minimum atomic E-state index is 0.983. The molecular formula is C29H20IN. The Bertz CT molecular complexity index is 1270. The van der Waals surface area contributed by atoms with Crippen LogP contribution in [-0.2, 0) is 0 Å². The molecule has 5 aromatic rings. The molecule has 0 bridgehead atoms. The van der Waals surface area contributed by atoms with E-state index in [4.69, 9.17) is 4.98 Å². The lowest BCUT2D eigenvalue weighted by Gasteiger charge is -2.11. The van der Waals surface area contributed by atoms with Crippen LogP contribution in [0.3, 0.4) is 0 Å². The molecule has 0 aliphatic heterocycles. The van der Waals surface area contributed by atoms with Crippen molar-refractivity contribution in [1.82, 2.24) is 4.98 Å². The topological polar surface area (TPSA) is 12.9 Å². The second-order valence-electron chi connectivity index (χ2n) is 7.45. The number of nitrogens with zero attached hydrogens (tertiary/aromatic N) is 1. The summed E-state index contributed by atoms with van der Waals surface area (Å²) in [6.07, 6.45) is 0. The summed E-state index contributed by atoms with van der Waals surface area (Å²) in [4.78, 5) is 4.99. The molecule has 0 aliphatic rings. The highest BCUT2D eigenvalue weighted by Crippen LogP contribution is 2.32. The molecule has 0 atom stereocenters. The van der Waals surface area contributed by atoms with Gasteiger partial charge in [-0.05, 0) is 75.2 Å². The van der Waals surface area contributed by atoms with E-state index in [1.54, 1.807) is 0 Å². The first-order valence-corrected chi connectivity index (χ1v) is 11.3. The molecule has 0 saturated heterocycles. The molecule has 31 heavy (non-hydrogen) atoms. The molecule has 5 rings (SSSR count). The normalized spacial score (nSPS) is 10.7. The molecule has 0 unspecified atom stereocenters. The first-order valence-electron chi connectivity index (χ1n) is 10.3. The number of rotatable bonds is 4. The van der Waals surface area contributed by atoms with Gasteiger partial charge in [0.1, 0.15) is 0 Å². The highest BCUT2D eigenvalue weighted by molar-refractivity contribution is 14.1. The lowest BCUT2D eigenvalue weighted by molar-refractivity contribution is 1.32. The summed E-state index contributed by atoms with van der Waals surface area (Å²) in [5.74, 6) is 0. The number of aromatic nitrogens is 1. The van der Waals surface area contributed by atoms with Crippen LogP contribution in [0.1, 0.15) is 0 Å². The molecule has 1 nitrogen and oxygen atoms in total. The van der Waals surface area contributed by atoms with Crippen molar-refractivity contribution >= 4 is 22.6 Å². The molecule has 1 heterocycles. The molecule has 0 radical (unpaired) electrons. The molecule has 0 saturated carbocycles. The van der Waals surface area contributed by atoms with Gasteiger partial charge in [0.15, 0.2) is 0 Å². The van der Waals surface area contributed by atoms with Crippen molar-refractivity contribution < 1.29 is 0 Å². The van der Waals surface area contributed by atoms with Crippen molar-refractivity contribution in [3.63, 3.8) is 0 Å². The fourth-order valence-electron chi connectivity index (χ4n) is 3.76. The molecule has 1 aromatic heterocycles. The van der Waals surface area contributed by atoms with Gasteiger partial charge in [0.25, 0.3) is 0 Å². The molecule has 0 spiro atoms. The molecule has 2 heteroatoms. The number of hydrogen-bond acceptors (Lipinski definition) is 1. The molecule has 0 fully saturated rings. The summed E-state index contributed by atoms with van der Waals surface area (Å²) in [6.45, 7) is 0. The van der Waals surface area contributed by atoms with Crippen LogP contribution >= 0.6 is 22.6 Å². The summed E-state index contributed by atoms with van der Waals surface area (Å²) in [6, 6.07) is 42.5. The average molecular weight is 509 g/mol. The van der Waals surface area contributed by atoms with Crippen molar-refractivity contribution in [1.29, 1.82) is 0 Å². The Morgan fingerprint density at radius 3 is 1.39 bits per heavy atom. The van der Waals surface area contributed by atoms with Gasteiger partial charge < -0.3 is 0 Å². The van der Waals surface area contributed by atoms with Crippen LogP contribution in [0.25, 0.3) is 44.8 Å². The maximum Gasteiger partial charge on any atom is 0.0715 e. The second kappa shape index (κ2) is 8.86. The van der Waals surface area contributed by atoms with Gasteiger partial charge >= 0.3 is 0 Å². The third-order valence-electron chi connectivity index (χ3n) is 5.32. The quantitative estimate of drug-likeness (QED) is 0.222. The Morgan fingerprint density at radius 1 is 0.387 bits per heavy atom. The minimum Gasteiger partial charge on any atom is -0.248 e. The predicted molar refractivity (Wildman–Crippen MR) is 139 cm³/mol. The zero-order chi connectivity index (χ0) is 21.0. The smallest absolute Gasteiger partial charge is 0.0715 e. The van der Waals surface area contributed by atoms with Crippen LogP contribution in [-0.4, -0.2) is 4.98 Å². The second-order valence-corrected chi connectivity index (χ2v) is 8.70. The summed E-state index contributed by atoms with van der Waals surface area (Å²) in [5, 5.41) is 0. The van der Waals surface area contributed by atoms with Gasteiger partial charge in [-0.2, -0.15) is 0 Å². The third kappa shape index (κ3) is 4.44. The number of halogens is 1. The summed E-state index contributed by atoms with van der Waals surface area (Å²) in [5.41, 5.74) is 9.01. The van der Waals surface area contributed by atoms with E-state index in [-0.39, 0.29) is 0 Å². The van der Waals surface area contributed by atoms with E-state index >= 15 is 0 Å². The van der Waals surface area contributed by atoms with E-state index in [2.05, 4.69) is 132 Å². The van der Waals surface area contributed by atoms with E-state index in [1.807, 2.05) is 12.1 Å².